The number of aliphatic hydroxyl groups is 1. The van der Waals surface area contributed by atoms with Crippen LogP contribution < -0.4 is 20.1 Å². The van der Waals surface area contributed by atoms with Gasteiger partial charge in [0.1, 0.15) is 18.0 Å². The lowest BCUT2D eigenvalue weighted by Crippen LogP contribution is -2.39. The first-order valence-electron chi connectivity index (χ1n) is 9.36. The van der Waals surface area contributed by atoms with Crippen molar-refractivity contribution in [3.63, 3.8) is 0 Å². The molecule has 2 heterocycles. The molecular formula is C20H26N6O3. The van der Waals surface area contributed by atoms with E-state index in [1.165, 1.54) is 0 Å². The number of nitrogens with zero attached hydrogens (tertiary/aromatic N) is 4. The highest BCUT2D eigenvalue weighted by atomic mass is 16.5. The monoisotopic (exact) mass is 398 g/mol. The average molecular weight is 398 g/mol. The van der Waals surface area contributed by atoms with Gasteiger partial charge >= 0.3 is 0 Å². The van der Waals surface area contributed by atoms with E-state index in [4.69, 9.17) is 9.47 Å². The molecule has 2 aromatic heterocycles. The van der Waals surface area contributed by atoms with Crippen LogP contribution in [0.25, 0.3) is 5.65 Å². The summed E-state index contributed by atoms with van der Waals surface area (Å²) in [5.41, 5.74) is 1.46. The lowest BCUT2D eigenvalue weighted by Gasteiger charge is -2.17. The second kappa shape index (κ2) is 9.74. The molecule has 0 bridgehead atoms. The highest BCUT2D eigenvalue weighted by Gasteiger charge is 2.12. The Bertz CT molecular complexity index is 950. The Labute approximate surface area is 169 Å². The molecule has 0 aliphatic carbocycles. The Balaban J connectivity index is 1.68. The fraction of sp³-hybridized carbons (Fsp3) is 0.350. The van der Waals surface area contributed by atoms with Gasteiger partial charge in [-0.15, -0.1) is 10.2 Å². The number of aliphatic hydroxyl groups excluding tert-OH is 1. The van der Waals surface area contributed by atoms with E-state index in [1.807, 2.05) is 35.7 Å². The summed E-state index contributed by atoms with van der Waals surface area (Å²) in [5.74, 6) is 2.56. The molecule has 0 saturated carbocycles. The summed E-state index contributed by atoms with van der Waals surface area (Å²) in [4.78, 5) is 4.55. The fourth-order valence-electron chi connectivity index (χ4n) is 2.82. The Morgan fingerprint density at radius 1 is 1.14 bits per heavy atom. The number of hydrogen-bond donors (Lipinski definition) is 3. The summed E-state index contributed by atoms with van der Waals surface area (Å²) < 4.78 is 12.4. The number of nitrogens with one attached hydrogen (secondary N) is 2. The summed E-state index contributed by atoms with van der Waals surface area (Å²) in [6, 6.07) is 11.0. The maximum absolute atomic E-state index is 10.6. The van der Waals surface area contributed by atoms with Gasteiger partial charge in [-0.3, -0.25) is 4.40 Å². The molecule has 0 spiro atoms. The molecule has 154 valence electrons. The van der Waals surface area contributed by atoms with E-state index in [9.17, 15) is 5.11 Å². The topological polar surface area (TPSA) is 105 Å². The van der Waals surface area contributed by atoms with Gasteiger partial charge in [0.25, 0.3) is 0 Å². The number of guanidine groups is 1. The van der Waals surface area contributed by atoms with Crippen molar-refractivity contribution in [1.29, 1.82) is 0 Å². The van der Waals surface area contributed by atoms with Crippen molar-refractivity contribution in [3.05, 3.63) is 54.0 Å². The van der Waals surface area contributed by atoms with Crippen LogP contribution in [0.2, 0.25) is 0 Å². The van der Waals surface area contributed by atoms with Crippen molar-refractivity contribution in [3.8, 4) is 11.5 Å². The Hall–Kier alpha value is -3.33. The first-order chi connectivity index (χ1) is 14.1. The summed E-state index contributed by atoms with van der Waals surface area (Å²) in [5, 5.41) is 25.2. The van der Waals surface area contributed by atoms with Crippen LogP contribution in [0.4, 0.5) is 0 Å². The van der Waals surface area contributed by atoms with Crippen molar-refractivity contribution < 1.29 is 14.6 Å². The van der Waals surface area contributed by atoms with E-state index in [0.717, 1.165) is 11.5 Å². The third-order valence-electron chi connectivity index (χ3n) is 4.33. The largest absolute Gasteiger partial charge is 0.497 e. The van der Waals surface area contributed by atoms with Crippen LogP contribution in [-0.4, -0.2) is 53.0 Å². The minimum absolute atomic E-state index is 0.267. The number of aromatic nitrogens is 3. The highest BCUT2D eigenvalue weighted by molar-refractivity contribution is 5.79. The van der Waals surface area contributed by atoms with Crippen molar-refractivity contribution in [1.82, 2.24) is 25.2 Å². The number of ether oxygens (including phenoxy) is 2. The molecule has 0 aliphatic heterocycles. The summed E-state index contributed by atoms with van der Waals surface area (Å²) in [7, 11) is 3.15. The summed E-state index contributed by atoms with van der Waals surface area (Å²) in [6.07, 6.45) is 1.14. The van der Waals surface area contributed by atoms with E-state index in [-0.39, 0.29) is 6.54 Å². The molecule has 3 rings (SSSR count). The van der Waals surface area contributed by atoms with E-state index in [0.29, 0.717) is 36.1 Å². The molecule has 3 N–H and O–H groups in total. The number of hydrogen-bond acceptors (Lipinski definition) is 6. The van der Waals surface area contributed by atoms with Gasteiger partial charge in [-0.1, -0.05) is 6.07 Å². The predicted octanol–water partition coefficient (Wildman–Crippen LogP) is 1.54. The maximum atomic E-state index is 10.6. The zero-order valence-corrected chi connectivity index (χ0v) is 16.8. The molecular weight excluding hydrogens is 372 g/mol. The van der Waals surface area contributed by atoms with Gasteiger partial charge < -0.3 is 25.2 Å². The average Bonchev–Trinajstić information content (AvgIpc) is 3.18. The first kappa shape index (κ1) is 20.4. The van der Waals surface area contributed by atoms with Crippen LogP contribution in [-0.2, 0) is 6.54 Å². The van der Waals surface area contributed by atoms with Crippen molar-refractivity contribution in [2.24, 2.45) is 4.99 Å². The SMILES string of the molecule is CCNC(=NCc1nnc2ccccn12)NCC(O)c1cc(OC)cc(OC)c1. The van der Waals surface area contributed by atoms with Crippen LogP contribution in [0.1, 0.15) is 24.4 Å². The van der Waals surface area contributed by atoms with Gasteiger partial charge in [-0.25, -0.2) is 4.99 Å². The molecule has 0 saturated heterocycles. The van der Waals surface area contributed by atoms with Gasteiger partial charge in [0.15, 0.2) is 17.4 Å². The van der Waals surface area contributed by atoms with E-state index >= 15 is 0 Å². The second-order valence-corrected chi connectivity index (χ2v) is 6.28. The maximum Gasteiger partial charge on any atom is 0.191 e. The van der Waals surface area contributed by atoms with Crippen LogP contribution in [0, 0.1) is 0 Å². The van der Waals surface area contributed by atoms with Gasteiger partial charge in [-0.05, 0) is 36.8 Å². The van der Waals surface area contributed by atoms with Crippen molar-refractivity contribution in [2.75, 3.05) is 27.3 Å². The highest BCUT2D eigenvalue weighted by Crippen LogP contribution is 2.26. The predicted molar refractivity (Wildman–Crippen MR) is 110 cm³/mol. The van der Waals surface area contributed by atoms with Crippen molar-refractivity contribution >= 4 is 11.6 Å². The molecule has 0 aliphatic rings. The molecule has 1 unspecified atom stereocenters. The third kappa shape index (κ3) is 5.14. The number of fused-ring (bicyclic) bond motifs is 1. The molecule has 1 atom stereocenters. The fourth-order valence-corrected chi connectivity index (χ4v) is 2.82. The van der Waals surface area contributed by atoms with Crippen molar-refractivity contribution in [2.45, 2.75) is 19.6 Å². The molecule has 0 amide bonds. The first-order valence-corrected chi connectivity index (χ1v) is 9.36. The molecule has 9 nitrogen and oxygen atoms in total. The summed E-state index contributed by atoms with van der Waals surface area (Å²) in [6.45, 7) is 3.29. The van der Waals surface area contributed by atoms with Crippen LogP contribution >= 0.6 is 0 Å². The zero-order valence-electron chi connectivity index (χ0n) is 16.8. The molecule has 9 heteroatoms. The normalized spacial score (nSPS) is 12.6. The number of pyridine rings is 1. The lowest BCUT2D eigenvalue weighted by atomic mass is 10.1. The van der Waals surface area contributed by atoms with Gasteiger partial charge in [-0.2, -0.15) is 0 Å². The van der Waals surface area contributed by atoms with E-state index < -0.39 is 6.10 Å². The molecule has 0 radical (unpaired) electrons. The van der Waals surface area contributed by atoms with Gasteiger partial charge in [0.2, 0.25) is 0 Å². The van der Waals surface area contributed by atoms with E-state index in [1.54, 1.807) is 32.4 Å². The number of benzene rings is 1. The number of methoxy groups -OCH3 is 2. The van der Waals surface area contributed by atoms with E-state index in [2.05, 4.69) is 25.8 Å². The Morgan fingerprint density at radius 3 is 2.59 bits per heavy atom. The minimum atomic E-state index is -0.767. The molecule has 29 heavy (non-hydrogen) atoms. The van der Waals surface area contributed by atoms with Crippen LogP contribution in [0.5, 0.6) is 11.5 Å². The minimum Gasteiger partial charge on any atom is -0.497 e. The standard InChI is InChI=1S/C20H26N6O3/c1-4-21-20(23-13-19-25-24-18-7-5-6-8-26(18)19)22-12-17(27)14-9-15(28-2)11-16(10-14)29-3/h5-11,17,27H,4,12-13H2,1-3H3,(H2,21,22,23). The Morgan fingerprint density at radius 2 is 1.90 bits per heavy atom. The third-order valence-corrected chi connectivity index (χ3v) is 4.33. The van der Waals surface area contributed by atoms with Crippen LogP contribution in [0.3, 0.4) is 0 Å². The molecule has 1 aromatic carbocycles. The lowest BCUT2D eigenvalue weighted by molar-refractivity contribution is 0.180. The number of rotatable bonds is 8. The quantitative estimate of drug-likeness (QED) is 0.390. The second-order valence-electron chi connectivity index (χ2n) is 6.28. The molecule has 0 fully saturated rings. The molecule has 3 aromatic rings. The Kier molecular flexibility index (Phi) is 6.85. The van der Waals surface area contributed by atoms with Gasteiger partial charge in [0, 0.05) is 25.4 Å². The zero-order chi connectivity index (χ0) is 20.6. The summed E-state index contributed by atoms with van der Waals surface area (Å²) >= 11 is 0. The van der Waals surface area contributed by atoms with Gasteiger partial charge in [0.05, 0.1) is 20.3 Å². The smallest absolute Gasteiger partial charge is 0.191 e. The van der Waals surface area contributed by atoms with Crippen LogP contribution in [0.15, 0.2) is 47.6 Å². The number of aliphatic imine (C=N–C) groups is 1.